The molecule has 3 rings (SSSR count). The first-order valence-corrected chi connectivity index (χ1v) is 8.45. The molecule has 24 heavy (non-hydrogen) atoms. The molecule has 1 N–H and O–H groups in total. The van der Waals surface area contributed by atoms with Gasteiger partial charge in [-0.3, -0.25) is 4.79 Å². The van der Waals surface area contributed by atoms with E-state index in [1.165, 1.54) is 5.56 Å². The molecule has 1 atom stereocenters. The van der Waals surface area contributed by atoms with E-state index in [4.69, 9.17) is 0 Å². The van der Waals surface area contributed by atoms with Crippen LogP contribution in [0.25, 0.3) is 11.0 Å². The quantitative estimate of drug-likeness (QED) is 0.674. The monoisotopic (exact) mass is 321 g/mol. The summed E-state index contributed by atoms with van der Waals surface area (Å²) in [6, 6.07) is 18.3. The molecular weight excluding hydrogens is 298 g/mol. The molecule has 0 aliphatic heterocycles. The van der Waals surface area contributed by atoms with Crippen molar-refractivity contribution >= 4 is 16.9 Å². The summed E-state index contributed by atoms with van der Waals surface area (Å²) in [4.78, 5) is 16.5. The minimum absolute atomic E-state index is 0.113. The van der Waals surface area contributed by atoms with Gasteiger partial charge in [0.1, 0.15) is 0 Å². The number of hydrogen-bond acceptors (Lipinski definition) is 2. The molecule has 1 amide bonds. The highest BCUT2D eigenvalue weighted by Gasteiger charge is 2.10. The molecule has 1 unspecified atom stereocenters. The zero-order chi connectivity index (χ0) is 16.8. The van der Waals surface area contributed by atoms with Crippen molar-refractivity contribution in [3.63, 3.8) is 0 Å². The first-order valence-electron chi connectivity index (χ1n) is 8.45. The van der Waals surface area contributed by atoms with E-state index in [1.807, 2.05) is 42.7 Å². The van der Waals surface area contributed by atoms with Crippen molar-refractivity contribution in [2.75, 3.05) is 6.54 Å². The number of carbonyl (C=O) groups is 1. The highest BCUT2D eigenvalue weighted by molar-refractivity contribution is 5.77. The fraction of sp³-hybridized carbons (Fsp3) is 0.300. The summed E-state index contributed by atoms with van der Waals surface area (Å²) in [7, 11) is 0. The Balaban J connectivity index is 1.42. The van der Waals surface area contributed by atoms with Gasteiger partial charge in [0, 0.05) is 19.5 Å². The number of nitrogens with one attached hydrogen (secondary N) is 1. The zero-order valence-electron chi connectivity index (χ0n) is 14.0. The van der Waals surface area contributed by atoms with Crippen LogP contribution in [0.5, 0.6) is 0 Å². The standard InChI is InChI=1S/C20H23N3O/c1-16(17-8-3-2-4-9-17)14-20(24)21-12-7-13-23-15-22-18-10-5-6-11-19(18)23/h2-6,8-11,15-16H,7,12-14H2,1H3,(H,21,24). The van der Waals surface area contributed by atoms with E-state index in [-0.39, 0.29) is 11.8 Å². The van der Waals surface area contributed by atoms with E-state index in [2.05, 4.69) is 40.0 Å². The van der Waals surface area contributed by atoms with Crippen LogP contribution < -0.4 is 5.32 Å². The lowest BCUT2D eigenvalue weighted by molar-refractivity contribution is -0.121. The fourth-order valence-corrected chi connectivity index (χ4v) is 2.92. The molecule has 0 saturated carbocycles. The molecule has 0 spiro atoms. The lowest BCUT2D eigenvalue weighted by Gasteiger charge is -2.12. The maximum absolute atomic E-state index is 12.1. The Morgan fingerprint density at radius 3 is 2.71 bits per heavy atom. The van der Waals surface area contributed by atoms with Crippen LogP contribution in [0.3, 0.4) is 0 Å². The zero-order valence-corrected chi connectivity index (χ0v) is 14.0. The van der Waals surface area contributed by atoms with Crippen LogP contribution in [0.15, 0.2) is 60.9 Å². The molecule has 124 valence electrons. The van der Waals surface area contributed by atoms with E-state index in [9.17, 15) is 4.79 Å². The summed E-state index contributed by atoms with van der Waals surface area (Å²) in [5.41, 5.74) is 3.36. The molecule has 1 heterocycles. The van der Waals surface area contributed by atoms with E-state index in [1.54, 1.807) is 0 Å². The van der Waals surface area contributed by atoms with Crippen LogP contribution in [-0.4, -0.2) is 22.0 Å². The number of nitrogens with zero attached hydrogens (tertiary/aromatic N) is 2. The highest BCUT2D eigenvalue weighted by Crippen LogP contribution is 2.18. The van der Waals surface area contributed by atoms with E-state index in [0.717, 1.165) is 24.0 Å². The fourth-order valence-electron chi connectivity index (χ4n) is 2.92. The molecule has 4 nitrogen and oxygen atoms in total. The van der Waals surface area contributed by atoms with Gasteiger partial charge in [-0.15, -0.1) is 0 Å². The number of fused-ring (bicyclic) bond motifs is 1. The average Bonchev–Trinajstić information content (AvgIpc) is 3.03. The number of aromatic nitrogens is 2. The normalized spacial score (nSPS) is 12.2. The molecule has 0 radical (unpaired) electrons. The number of imidazole rings is 1. The summed E-state index contributed by atoms with van der Waals surface area (Å²) in [5.74, 6) is 0.352. The smallest absolute Gasteiger partial charge is 0.220 e. The summed E-state index contributed by atoms with van der Waals surface area (Å²) >= 11 is 0. The van der Waals surface area contributed by atoms with Crippen LogP contribution in [0.2, 0.25) is 0 Å². The number of para-hydroxylation sites is 2. The van der Waals surface area contributed by atoms with Gasteiger partial charge in [0.2, 0.25) is 5.91 Å². The van der Waals surface area contributed by atoms with Crippen LogP contribution in [0.1, 0.15) is 31.2 Å². The second kappa shape index (κ2) is 7.77. The predicted molar refractivity (Wildman–Crippen MR) is 96.8 cm³/mol. The van der Waals surface area contributed by atoms with Crippen molar-refractivity contribution in [3.8, 4) is 0 Å². The molecule has 0 aliphatic rings. The van der Waals surface area contributed by atoms with Crippen molar-refractivity contribution in [2.45, 2.75) is 32.2 Å². The summed E-state index contributed by atoms with van der Waals surface area (Å²) in [6.07, 6.45) is 3.29. The second-order valence-electron chi connectivity index (χ2n) is 6.15. The molecule has 4 heteroatoms. The SMILES string of the molecule is CC(CC(=O)NCCCn1cnc2ccccc21)c1ccccc1. The van der Waals surface area contributed by atoms with Gasteiger partial charge in [-0.25, -0.2) is 4.98 Å². The Kier molecular flexibility index (Phi) is 5.26. The molecular formula is C20H23N3O. The lowest BCUT2D eigenvalue weighted by Crippen LogP contribution is -2.26. The summed E-state index contributed by atoms with van der Waals surface area (Å²) in [6.45, 7) is 3.63. The van der Waals surface area contributed by atoms with E-state index >= 15 is 0 Å². The average molecular weight is 321 g/mol. The number of amides is 1. The lowest BCUT2D eigenvalue weighted by atomic mass is 9.98. The molecule has 2 aromatic carbocycles. The summed E-state index contributed by atoms with van der Waals surface area (Å²) in [5, 5.41) is 3.02. The van der Waals surface area contributed by atoms with Crippen LogP contribution in [-0.2, 0) is 11.3 Å². The Labute approximate surface area is 142 Å². The van der Waals surface area contributed by atoms with Gasteiger partial charge < -0.3 is 9.88 Å². The number of hydrogen-bond donors (Lipinski definition) is 1. The van der Waals surface area contributed by atoms with Crippen molar-refractivity contribution < 1.29 is 4.79 Å². The third-order valence-electron chi connectivity index (χ3n) is 4.29. The van der Waals surface area contributed by atoms with Gasteiger partial charge in [0.15, 0.2) is 0 Å². The molecule has 0 bridgehead atoms. The van der Waals surface area contributed by atoms with Gasteiger partial charge in [-0.1, -0.05) is 49.4 Å². The van der Waals surface area contributed by atoms with Crippen molar-refractivity contribution in [2.24, 2.45) is 0 Å². The van der Waals surface area contributed by atoms with E-state index in [0.29, 0.717) is 13.0 Å². The van der Waals surface area contributed by atoms with Crippen LogP contribution in [0, 0.1) is 0 Å². The van der Waals surface area contributed by atoms with E-state index < -0.39 is 0 Å². The highest BCUT2D eigenvalue weighted by atomic mass is 16.1. The second-order valence-corrected chi connectivity index (χ2v) is 6.15. The number of benzene rings is 2. The van der Waals surface area contributed by atoms with Crippen molar-refractivity contribution in [3.05, 3.63) is 66.5 Å². The third kappa shape index (κ3) is 4.02. The van der Waals surface area contributed by atoms with Gasteiger partial charge >= 0.3 is 0 Å². The van der Waals surface area contributed by atoms with Gasteiger partial charge in [0.05, 0.1) is 17.4 Å². The van der Waals surface area contributed by atoms with Gasteiger partial charge in [0.25, 0.3) is 0 Å². The van der Waals surface area contributed by atoms with Crippen LogP contribution >= 0.6 is 0 Å². The minimum Gasteiger partial charge on any atom is -0.356 e. The first-order chi connectivity index (χ1) is 11.7. The maximum Gasteiger partial charge on any atom is 0.220 e. The molecule has 0 saturated heterocycles. The van der Waals surface area contributed by atoms with Crippen LogP contribution in [0.4, 0.5) is 0 Å². The topological polar surface area (TPSA) is 46.9 Å². The van der Waals surface area contributed by atoms with Gasteiger partial charge in [-0.2, -0.15) is 0 Å². The summed E-state index contributed by atoms with van der Waals surface area (Å²) < 4.78 is 2.13. The number of aryl methyl sites for hydroxylation is 1. The number of rotatable bonds is 7. The third-order valence-corrected chi connectivity index (χ3v) is 4.29. The number of carbonyl (C=O) groups excluding carboxylic acids is 1. The Bertz CT molecular complexity index is 795. The minimum atomic E-state index is 0.113. The largest absolute Gasteiger partial charge is 0.356 e. The maximum atomic E-state index is 12.1. The Morgan fingerprint density at radius 1 is 1.12 bits per heavy atom. The molecule has 1 aromatic heterocycles. The first kappa shape index (κ1) is 16.2. The van der Waals surface area contributed by atoms with Crippen molar-refractivity contribution in [1.82, 2.24) is 14.9 Å². The predicted octanol–water partition coefficient (Wildman–Crippen LogP) is 3.74. The Hall–Kier alpha value is -2.62. The van der Waals surface area contributed by atoms with Crippen molar-refractivity contribution in [1.29, 1.82) is 0 Å². The molecule has 0 fully saturated rings. The Morgan fingerprint density at radius 2 is 1.88 bits per heavy atom. The van der Waals surface area contributed by atoms with Gasteiger partial charge in [-0.05, 0) is 30.0 Å². The molecule has 3 aromatic rings. The molecule has 0 aliphatic carbocycles.